The number of ketones is 1. The fourth-order valence-corrected chi connectivity index (χ4v) is 1.89. The Labute approximate surface area is 126 Å². The lowest BCUT2D eigenvalue weighted by molar-refractivity contribution is -0.110. The van der Waals surface area contributed by atoms with Crippen LogP contribution in [0.15, 0.2) is 46.5 Å². The lowest BCUT2D eigenvalue weighted by atomic mass is 10.1. The number of hydrogen-bond acceptors (Lipinski definition) is 4. The van der Waals surface area contributed by atoms with Crippen LogP contribution in [0.5, 0.6) is 11.5 Å². The SMILES string of the molecule is COc1ccc(C(=O)N=C2C=CC(=O)C(Cl)=C2)cc1OC. The number of nitrogens with zero attached hydrogens (tertiary/aromatic N) is 1. The van der Waals surface area contributed by atoms with Crippen LogP contribution in [0.3, 0.4) is 0 Å². The van der Waals surface area contributed by atoms with Crippen molar-refractivity contribution < 1.29 is 19.1 Å². The van der Waals surface area contributed by atoms with Crippen LogP contribution < -0.4 is 9.47 Å². The molecule has 0 saturated heterocycles. The van der Waals surface area contributed by atoms with Gasteiger partial charge in [-0.2, -0.15) is 0 Å². The van der Waals surface area contributed by atoms with Gasteiger partial charge in [-0.05, 0) is 36.4 Å². The molecule has 5 nitrogen and oxygen atoms in total. The lowest BCUT2D eigenvalue weighted by Crippen LogP contribution is -2.07. The van der Waals surface area contributed by atoms with Crippen molar-refractivity contribution in [2.45, 2.75) is 0 Å². The average Bonchev–Trinajstić information content (AvgIpc) is 2.50. The molecule has 0 unspecified atom stereocenters. The number of halogens is 1. The maximum absolute atomic E-state index is 12.1. The van der Waals surface area contributed by atoms with Crippen molar-refractivity contribution in [1.29, 1.82) is 0 Å². The molecule has 1 aliphatic rings. The fraction of sp³-hybridized carbons (Fsp3) is 0.133. The first kappa shape index (κ1) is 15.0. The van der Waals surface area contributed by atoms with Crippen molar-refractivity contribution >= 4 is 29.0 Å². The largest absolute Gasteiger partial charge is 0.493 e. The quantitative estimate of drug-likeness (QED) is 0.805. The summed E-state index contributed by atoms with van der Waals surface area (Å²) >= 11 is 5.71. The van der Waals surface area contributed by atoms with E-state index in [9.17, 15) is 9.59 Å². The first-order valence-electron chi connectivity index (χ1n) is 6.00. The van der Waals surface area contributed by atoms with E-state index < -0.39 is 5.91 Å². The van der Waals surface area contributed by atoms with Crippen LogP contribution in [-0.2, 0) is 4.79 Å². The Kier molecular flexibility index (Phi) is 4.55. The van der Waals surface area contributed by atoms with Crippen LogP contribution in [0.1, 0.15) is 10.4 Å². The standard InChI is InChI=1S/C15H12ClNO4/c1-20-13-6-3-9(7-14(13)21-2)15(19)17-10-4-5-12(18)11(16)8-10/h3-8H,1-2H3. The third-order valence-electron chi connectivity index (χ3n) is 2.78. The maximum Gasteiger partial charge on any atom is 0.277 e. The van der Waals surface area contributed by atoms with Crippen LogP contribution in [0.2, 0.25) is 0 Å². The van der Waals surface area contributed by atoms with Crippen molar-refractivity contribution in [2.24, 2.45) is 4.99 Å². The predicted octanol–water partition coefficient (Wildman–Crippen LogP) is 2.55. The molecule has 6 heteroatoms. The highest BCUT2D eigenvalue weighted by atomic mass is 35.5. The van der Waals surface area contributed by atoms with Gasteiger partial charge in [-0.15, -0.1) is 0 Å². The van der Waals surface area contributed by atoms with E-state index in [2.05, 4.69) is 4.99 Å². The van der Waals surface area contributed by atoms with Gasteiger partial charge in [-0.3, -0.25) is 9.59 Å². The average molecular weight is 306 g/mol. The minimum Gasteiger partial charge on any atom is -0.493 e. The van der Waals surface area contributed by atoms with Crippen molar-refractivity contribution in [1.82, 2.24) is 0 Å². The van der Waals surface area contributed by atoms with E-state index in [4.69, 9.17) is 21.1 Å². The van der Waals surface area contributed by atoms with Gasteiger partial charge in [-0.1, -0.05) is 11.6 Å². The zero-order chi connectivity index (χ0) is 15.4. The molecular weight excluding hydrogens is 294 g/mol. The van der Waals surface area contributed by atoms with Crippen LogP contribution in [0.4, 0.5) is 0 Å². The van der Waals surface area contributed by atoms with Gasteiger partial charge in [0, 0.05) is 5.56 Å². The third-order valence-corrected chi connectivity index (χ3v) is 3.07. The van der Waals surface area contributed by atoms with Gasteiger partial charge in [0.15, 0.2) is 17.3 Å². The summed E-state index contributed by atoms with van der Waals surface area (Å²) in [7, 11) is 2.99. The number of ether oxygens (including phenoxy) is 2. The van der Waals surface area contributed by atoms with E-state index in [0.29, 0.717) is 22.8 Å². The molecular formula is C15H12ClNO4. The van der Waals surface area contributed by atoms with Gasteiger partial charge in [0.1, 0.15) is 0 Å². The summed E-state index contributed by atoms with van der Waals surface area (Å²) in [4.78, 5) is 27.2. The van der Waals surface area contributed by atoms with E-state index in [1.54, 1.807) is 12.1 Å². The van der Waals surface area contributed by atoms with Crippen molar-refractivity contribution in [3.63, 3.8) is 0 Å². The van der Waals surface area contributed by atoms with E-state index in [-0.39, 0.29) is 10.8 Å². The smallest absolute Gasteiger partial charge is 0.277 e. The molecule has 1 aliphatic carbocycles. The normalized spacial score (nSPS) is 15.9. The predicted molar refractivity (Wildman–Crippen MR) is 79.4 cm³/mol. The zero-order valence-electron chi connectivity index (χ0n) is 11.4. The number of carbonyl (C=O) groups is 2. The number of benzene rings is 1. The molecule has 0 N–H and O–H groups in total. The summed E-state index contributed by atoms with van der Waals surface area (Å²) in [5, 5.41) is 0.0244. The van der Waals surface area contributed by atoms with E-state index in [1.165, 1.54) is 38.5 Å². The molecule has 0 saturated carbocycles. The second-order valence-electron chi connectivity index (χ2n) is 4.10. The summed E-state index contributed by atoms with van der Waals surface area (Å²) in [5.74, 6) is 0.180. The highest BCUT2D eigenvalue weighted by Crippen LogP contribution is 2.27. The monoisotopic (exact) mass is 305 g/mol. The summed E-state index contributed by atoms with van der Waals surface area (Å²) in [6.45, 7) is 0. The Bertz CT molecular complexity index is 689. The first-order valence-corrected chi connectivity index (χ1v) is 6.37. The molecule has 1 aromatic carbocycles. The second-order valence-corrected chi connectivity index (χ2v) is 4.51. The van der Waals surface area contributed by atoms with Gasteiger partial charge in [0.25, 0.3) is 5.91 Å². The zero-order valence-corrected chi connectivity index (χ0v) is 12.2. The second kappa shape index (κ2) is 6.37. The highest BCUT2D eigenvalue weighted by molar-refractivity contribution is 6.47. The number of methoxy groups -OCH3 is 2. The molecule has 0 aliphatic heterocycles. The number of allylic oxidation sites excluding steroid dienone is 4. The van der Waals surface area contributed by atoms with E-state index >= 15 is 0 Å². The van der Waals surface area contributed by atoms with Crippen molar-refractivity contribution in [3.8, 4) is 11.5 Å². The molecule has 21 heavy (non-hydrogen) atoms. The van der Waals surface area contributed by atoms with Gasteiger partial charge >= 0.3 is 0 Å². The first-order chi connectivity index (χ1) is 10.0. The molecule has 0 aromatic heterocycles. The fourth-order valence-electron chi connectivity index (χ4n) is 1.71. The number of hydrogen-bond donors (Lipinski definition) is 0. The summed E-state index contributed by atoms with van der Waals surface area (Å²) in [6, 6.07) is 4.74. The molecule has 0 radical (unpaired) electrons. The minimum absolute atomic E-state index is 0.0244. The number of aliphatic imine (C=N–C) groups is 1. The molecule has 2 rings (SSSR count). The minimum atomic E-state index is -0.467. The van der Waals surface area contributed by atoms with Crippen molar-refractivity contribution in [3.05, 3.63) is 47.0 Å². The third kappa shape index (κ3) is 3.38. The van der Waals surface area contributed by atoms with Gasteiger partial charge in [0.05, 0.1) is 25.0 Å². The van der Waals surface area contributed by atoms with Gasteiger partial charge in [-0.25, -0.2) is 4.99 Å². The Morgan fingerprint density at radius 2 is 1.86 bits per heavy atom. The molecule has 108 valence electrons. The Morgan fingerprint density at radius 3 is 2.48 bits per heavy atom. The van der Waals surface area contributed by atoms with E-state index in [0.717, 1.165) is 0 Å². The van der Waals surface area contributed by atoms with Gasteiger partial charge < -0.3 is 9.47 Å². The number of rotatable bonds is 3. The summed E-state index contributed by atoms with van der Waals surface area (Å²) < 4.78 is 10.2. The highest BCUT2D eigenvalue weighted by Gasteiger charge is 2.13. The van der Waals surface area contributed by atoms with Crippen molar-refractivity contribution in [2.75, 3.05) is 14.2 Å². The Morgan fingerprint density at radius 1 is 1.14 bits per heavy atom. The number of carbonyl (C=O) groups excluding carboxylic acids is 2. The Hall–Kier alpha value is -2.40. The number of amides is 1. The maximum atomic E-state index is 12.1. The summed E-state index contributed by atoms with van der Waals surface area (Å²) in [5.41, 5.74) is 0.661. The molecule has 1 aromatic rings. The summed E-state index contributed by atoms with van der Waals surface area (Å²) in [6.07, 6.45) is 4.05. The molecule has 0 fully saturated rings. The Balaban J connectivity index is 2.29. The molecule has 0 heterocycles. The molecule has 0 bridgehead atoms. The topological polar surface area (TPSA) is 65.0 Å². The van der Waals surface area contributed by atoms with E-state index in [1.807, 2.05) is 0 Å². The molecule has 1 amide bonds. The molecule has 0 atom stereocenters. The van der Waals surface area contributed by atoms with Crippen LogP contribution in [0.25, 0.3) is 0 Å². The van der Waals surface area contributed by atoms with Crippen LogP contribution in [-0.4, -0.2) is 31.6 Å². The lowest BCUT2D eigenvalue weighted by Gasteiger charge is -2.08. The molecule has 0 spiro atoms. The van der Waals surface area contributed by atoms with Crippen LogP contribution >= 0.6 is 11.6 Å². The van der Waals surface area contributed by atoms with Gasteiger partial charge in [0.2, 0.25) is 0 Å². The van der Waals surface area contributed by atoms with Crippen LogP contribution in [0, 0.1) is 0 Å².